The second-order valence-electron chi connectivity index (χ2n) is 9.69. The molecular weight excluding hydrogens is 458 g/mol. The van der Waals surface area contributed by atoms with Gasteiger partial charge in [0.2, 0.25) is 5.91 Å². The molecule has 2 aromatic carbocycles. The van der Waals surface area contributed by atoms with Crippen molar-refractivity contribution in [3.63, 3.8) is 0 Å². The summed E-state index contributed by atoms with van der Waals surface area (Å²) in [5.41, 5.74) is 2.83. The van der Waals surface area contributed by atoms with Crippen LogP contribution in [-0.2, 0) is 21.4 Å². The summed E-state index contributed by atoms with van der Waals surface area (Å²) in [5.74, 6) is -0.721. The number of hydrogen-bond acceptors (Lipinski definition) is 4. The number of carbonyl (C=O) groups excluding carboxylic acids is 2. The van der Waals surface area contributed by atoms with Crippen molar-refractivity contribution in [3.8, 4) is 5.75 Å². The van der Waals surface area contributed by atoms with Crippen LogP contribution in [0.25, 0.3) is 4.85 Å². The SMILES string of the molecule is [C-]#[N+]c1ccc(CCCC(=O)O)c(NC(=O)[C@@H]2C[C@]23CCOc2ccc(C(=O)N[C@@H](C)CC)cc23)c1. The third-order valence-corrected chi connectivity index (χ3v) is 7.28. The van der Waals surface area contributed by atoms with Gasteiger partial charge in [-0.05, 0) is 68.9 Å². The highest BCUT2D eigenvalue weighted by atomic mass is 16.5. The summed E-state index contributed by atoms with van der Waals surface area (Å²) in [6.07, 6.45) is 3.13. The number of aryl methyl sites for hydroxylation is 1. The van der Waals surface area contributed by atoms with Gasteiger partial charge in [-0.15, -0.1) is 0 Å². The predicted octanol–water partition coefficient (Wildman–Crippen LogP) is 4.85. The molecule has 3 atom stereocenters. The van der Waals surface area contributed by atoms with Crippen LogP contribution >= 0.6 is 0 Å². The topological polar surface area (TPSA) is 109 Å². The van der Waals surface area contributed by atoms with E-state index in [1.54, 1.807) is 24.3 Å². The summed E-state index contributed by atoms with van der Waals surface area (Å²) in [6, 6.07) is 10.6. The van der Waals surface area contributed by atoms with E-state index in [4.69, 9.17) is 16.4 Å². The number of amides is 2. The van der Waals surface area contributed by atoms with E-state index >= 15 is 0 Å². The van der Waals surface area contributed by atoms with Gasteiger partial charge in [-0.3, -0.25) is 14.4 Å². The van der Waals surface area contributed by atoms with E-state index < -0.39 is 5.97 Å². The average molecular weight is 490 g/mol. The molecule has 0 unspecified atom stereocenters. The van der Waals surface area contributed by atoms with Gasteiger partial charge in [0.15, 0.2) is 5.69 Å². The van der Waals surface area contributed by atoms with Crippen LogP contribution in [0.5, 0.6) is 5.75 Å². The predicted molar refractivity (Wildman–Crippen MR) is 135 cm³/mol. The normalized spacial score (nSPS) is 20.4. The van der Waals surface area contributed by atoms with Crippen LogP contribution in [-0.4, -0.2) is 35.5 Å². The highest BCUT2D eigenvalue weighted by Crippen LogP contribution is 2.61. The zero-order chi connectivity index (χ0) is 25.9. The largest absolute Gasteiger partial charge is 0.493 e. The smallest absolute Gasteiger partial charge is 0.303 e. The molecule has 36 heavy (non-hydrogen) atoms. The van der Waals surface area contributed by atoms with Gasteiger partial charge in [0.05, 0.1) is 13.2 Å². The maximum atomic E-state index is 13.4. The lowest BCUT2D eigenvalue weighted by Crippen LogP contribution is -2.32. The zero-order valence-corrected chi connectivity index (χ0v) is 20.6. The van der Waals surface area contributed by atoms with Crippen molar-refractivity contribution in [2.75, 3.05) is 11.9 Å². The second-order valence-corrected chi connectivity index (χ2v) is 9.69. The maximum Gasteiger partial charge on any atom is 0.303 e. The molecule has 1 spiro atoms. The first kappa shape index (κ1) is 25.2. The molecule has 2 aromatic rings. The monoisotopic (exact) mass is 489 g/mol. The quantitative estimate of drug-likeness (QED) is 0.436. The minimum atomic E-state index is -0.867. The van der Waals surface area contributed by atoms with Crippen LogP contribution in [0.3, 0.4) is 0 Å². The number of anilines is 1. The fraction of sp³-hybridized carbons (Fsp3) is 0.429. The number of benzene rings is 2. The van der Waals surface area contributed by atoms with Crippen molar-refractivity contribution in [2.45, 2.75) is 63.8 Å². The minimum absolute atomic E-state index is 0.0351. The molecule has 8 nitrogen and oxygen atoms in total. The first-order chi connectivity index (χ1) is 17.3. The van der Waals surface area contributed by atoms with E-state index in [-0.39, 0.29) is 35.6 Å². The standard InChI is InChI=1S/C28H31N3O5/c1-4-17(2)30-26(34)19-9-11-24-21(14-19)28(12-13-36-24)16-22(28)27(35)31-23-15-20(29-3)10-8-18(23)6-5-7-25(32)33/h8-11,14-15,17,22H,4-7,12-13,16H2,1-2H3,(H,30,34)(H,31,35)(H,32,33)/t17-,22-,28-/m0/s1. The van der Waals surface area contributed by atoms with Gasteiger partial charge in [-0.2, -0.15) is 0 Å². The van der Waals surface area contributed by atoms with Crippen LogP contribution in [0.1, 0.15) is 67.4 Å². The van der Waals surface area contributed by atoms with Crippen molar-refractivity contribution < 1.29 is 24.2 Å². The number of ether oxygens (including phenoxy) is 1. The van der Waals surface area contributed by atoms with Crippen molar-refractivity contribution in [1.82, 2.24) is 5.32 Å². The van der Waals surface area contributed by atoms with Crippen LogP contribution in [0.2, 0.25) is 0 Å². The van der Waals surface area contributed by atoms with E-state index in [0.29, 0.717) is 55.0 Å². The van der Waals surface area contributed by atoms with Crippen LogP contribution in [0, 0.1) is 12.5 Å². The summed E-state index contributed by atoms with van der Waals surface area (Å²) in [7, 11) is 0. The zero-order valence-electron chi connectivity index (χ0n) is 20.6. The number of rotatable bonds is 9. The Morgan fingerprint density at radius 1 is 1.25 bits per heavy atom. The molecule has 1 aliphatic heterocycles. The average Bonchev–Trinajstić information content (AvgIpc) is 3.59. The second kappa shape index (κ2) is 10.4. The molecule has 0 aromatic heterocycles. The van der Waals surface area contributed by atoms with Crippen molar-refractivity contribution in [1.29, 1.82) is 0 Å². The summed E-state index contributed by atoms with van der Waals surface area (Å²) < 4.78 is 5.85. The summed E-state index contributed by atoms with van der Waals surface area (Å²) in [6.45, 7) is 11.8. The number of carbonyl (C=O) groups is 3. The Hall–Kier alpha value is -3.86. The Balaban J connectivity index is 1.54. The van der Waals surface area contributed by atoms with E-state index in [1.807, 2.05) is 26.0 Å². The van der Waals surface area contributed by atoms with Crippen LogP contribution < -0.4 is 15.4 Å². The van der Waals surface area contributed by atoms with Crippen molar-refractivity contribution >= 4 is 29.2 Å². The number of hydrogen-bond donors (Lipinski definition) is 3. The molecule has 1 saturated carbocycles. The van der Waals surface area contributed by atoms with Gasteiger partial charge in [0.1, 0.15) is 5.75 Å². The number of aliphatic carboxylic acids is 1. The Kier molecular flexibility index (Phi) is 7.30. The van der Waals surface area contributed by atoms with Gasteiger partial charge in [-0.1, -0.05) is 19.1 Å². The summed E-state index contributed by atoms with van der Waals surface area (Å²) in [4.78, 5) is 40.5. The molecule has 1 heterocycles. The lowest BCUT2D eigenvalue weighted by Gasteiger charge is -2.27. The van der Waals surface area contributed by atoms with E-state index in [9.17, 15) is 14.4 Å². The van der Waals surface area contributed by atoms with Crippen LogP contribution in [0.4, 0.5) is 11.4 Å². The highest BCUT2D eigenvalue weighted by Gasteiger charge is 2.61. The number of carboxylic acid groups (broad SMARTS) is 1. The fourth-order valence-electron chi connectivity index (χ4n) is 4.91. The van der Waals surface area contributed by atoms with Crippen LogP contribution in [0.15, 0.2) is 36.4 Å². The maximum absolute atomic E-state index is 13.4. The molecular formula is C28H31N3O5. The van der Waals surface area contributed by atoms with E-state index in [1.165, 1.54) is 0 Å². The Morgan fingerprint density at radius 2 is 2.06 bits per heavy atom. The molecule has 0 saturated heterocycles. The summed E-state index contributed by atoms with van der Waals surface area (Å²) >= 11 is 0. The summed E-state index contributed by atoms with van der Waals surface area (Å²) in [5, 5.41) is 15.0. The Bertz CT molecular complexity index is 1230. The molecule has 1 aliphatic carbocycles. The number of fused-ring (bicyclic) bond motifs is 2. The molecule has 0 bridgehead atoms. The molecule has 1 fully saturated rings. The third kappa shape index (κ3) is 5.20. The van der Waals surface area contributed by atoms with Crippen molar-refractivity contribution in [2.24, 2.45) is 5.92 Å². The van der Waals surface area contributed by atoms with Gasteiger partial charge >= 0.3 is 5.97 Å². The van der Waals surface area contributed by atoms with Crippen molar-refractivity contribution in [3.05, 3.63) is 64.5 Å². The van der Waals surface area contributed by atoms with Gasteiger partial charge in [-0.25, -0.2) is 4.85 Å². The van der Waals surface area contributed by atoms with Gasteiger partial charge < -0.3 is 20.5 Å². The molecule has 2 aliphatic rings. The number of carboxylic acids is 1. The Morgan fingerprint density at radius 3 is 2.78 bits per heavy atom. The Labute approximate surface area is 210 Å². The molecule has 3 N–H and O–H groups in total. The lowest BCUT2D eigenvalue weighted by atomic mass is 9.86. The van der Waals surface area contributed by atoms with Gasteiger partial charge in [0.25, 0.3) is 5.91 Å². The first-order valence-electron chi connectivity index (χ1n) is 12.4. The fourth-order valence-corrected chi connectivity index (χ4v) is 4.91. The van der Waals surface area contributed by atoms with E-state index in [0.717, 1.165) is 17.5 Å². The van der Waals surface area contributed by atoms with E-state index in [2.05, 4.69) is 15.5 Å². The number of nitrogens with one attached hydrogen (secondary N) is 2. The molecule has 8 heteroatoms. The van der Waals surface area contributed by atoms with Gasteiger partial charge in [0, 0.05) is 40.6 Å². The highest BCUT2D eigenvalue weighted by molar-refractivity contribution is 5.98. The lowest BCUT2D eigenvalue weighted by molar-refractivity contribution is -0.137. The number of nitrogens with zero attached hydrogens (tertiary/aromatic N) is 1. The molecule has 2 amide bonds. The minimum Gasteiger partial charge on any atom is -0.493 e. The molecule has 4 rings (SSSR count). The first-order valence-corrected chi connectivity index (χ1v) is 12.4. The molecule has 0 radical (unpaired) electrons. The third-order valence-electron chi connectivity index (χ3n) is 7.28. The molecule has 188 valence electrons.